The number of hydrogen-bond donors (Lipinski definition) is 2. The molecule has 0 aliphatic carbocycles. The summed E-state index contributed by atoms with van der Waals surface area (Å²) < 4.78 is 0. The van der Waals surface area contributed by atoms with Crippen molar-refractivity contribution >= 4 is 0 Å². The largest absolute Gasteiger partial charge is 0.388 e. The van der Waals surface area contributed by atoms with E-state index in [1.54, 1.807) is 0 Å². The molecule has 0 aromatic heterocycles. The predicted octanol–water partition coefficient (Wildman–Crippen LogP) is 4.89. The van der Waals surface area contributed by atoms with Crippen LogP contribution in [0.3, 0.4) is 0 Å². The Labute approximate surface area is 150 Å². The third-order valence-electron chi connectivity index (χ3n) is 4.69. The van der Waals surface area contributed by atoms with Gasteiger partial charge in [-0.3, -0.25) is 0 Å². The number of benzene rings is 3. The van der Waals surface area contributed by atoms with Gasteiger partial charge in [-0.25, -0.2) is 0 Å². The van der Waals surface area contributed by atoms with Crippen LogP contribution in [0.5, 0.6) is 0 Å². The van der Waals surface area contributed by atoms with Crippen LogP contribution < -0.4 is 5.32 Å². The van der Waals surface area contributed by atoms with Gasteiger partial charge in [-0.1, -0.05) is 97.9 Å². The van der Waals surface area contributed by atoms with Gasteiger partial charge in [-0.15, -0.1) is 0 Å². The molecule has 3 aromatic rings. The average Bonchev–Trinajstić information content (AvgIpc) is 2.69. The van der Waals surface area contributed by atoms with Crippen molar-refractivity contribution in [3.8, 4) is 0 Å². The molecule has 0 unspecified atom stereocenters. The second-order valence-electron chi connectivity index (χ2n) is 6.47. The zero-order chi connectivity index (χ0) is 17.5. The Kier molecular flexibility index (Phi) is 5.99. The highest BCUT2D eigenvalue weighted by molar-refractivity contribution is 5.24. The molecule has 0 heterocycles. The Hall–Kier alpha value is -2.42. The van der Waals surface area contributed by atoms with E-state index in [2.05, 4.69) is 48.6 Å². The maximum atomic E-state index is 10.9. The number of hydrogen-bond acceptors (Lipinski definition) is 2. The van der Waals surface area contributed by atoms with E-state index < -0.39 is 6.10 Å². The molecule has 128 valence electrons. The van der Waals surface area contributed by atoms with Crippen molar-refractivity contribution in [1.82, 2.24) is 5.32 Å². The van der Waals surface area contributed by atoms with Crippen molar-refractivity contribution in [3.05, 3.63) is 108 Å². The topological polar surface area (TPSA) is 32.3 Å². The lowest BCUT2D eigenvalue weighted by molar-refractivity contribution is 0.0931. The van der Waals surface area contributed by atoms with E-state index in [0.717, 1.165) is 12.1 Å². The van der Waals surface area contributed by atoms with Gasteiger partial charge in [0, 0.05) is 18.5 Å². The summed E-state index contributed by atoms with van der Waals surface area (Å²) in [6.07, 6.45) is -0.519. The molecule has 2 N–H and O–H groups in total. The first-order valence-electron chi connectivity index (χ1n) is 8.81. The highest BCUT2D eigenvalue weighted by Gasteiger charge is 2.26. The molecule has 0 saturated heterocycles. The predicted molar refractivity (Wildman–Crippen MR) is 103 cm³/mol. The second kappa shape index (κ2) is 8.61. The van der Waals surface area contributed by atoms with Crippen LogP contribution in [0.4, 0.5) is 0 Å². The van der Waals surface area contributed by atoms with Crippen LogP contribution in [0, 0.1) is 5.92 Å². The molecule has 25 heavy (non-hydrogen) atoms. The second-order valence-corrected chi connectivity index (χ2v) is 6.47. The molecule has 0 bridgehead atoms. The van der Waals surface area contributed by atoms with Gasteiger partial charge in [0.05, 0.1) is 6.10 Å². The number of nitrogens with one attached hydrogen (secondary N) is 1. The van der Waals surface area contributed by atoms with Crippen LogP contribution in [0.2, 0.25) is 0 Å². The molecular weight excluding hydrogens is 306 g/mol. The summed E-state index contributed by atoms with van der Waals surface area (Å²) in [6.45, 7) is 2.87. The third kappa shape index (κ3) is 4.56. The highest BCUT2D eigenvalue weighted by Crippen LogP contribution is 2.32. The standard InChI is InChI=1S/C23H25NO/c1-18(23(25)21-15-9-4-10-16-21)22(20-13-7-3-8-14-20)24-17-19-11-5-2-6-12-19/h2-16,18,22-25H,17H2,1H3/t18-,22+,23+/m1/s1. The SMILES string of the molecule is C[C@@H]([C@H](O)c1ccccc1)[C@H](NCc1ccccc1)c1ccccc1. The Morgan fingerprint density at radius 3 is 1.76 bits per heavy atom. The van der Waals surface area contributed by atoms with E-state index in [4.69, 9.17) is 0 Å². The Bertz CT molecular complexity index is 743. The van der Waals surface area contributed by atoms with E-state index in [1.165, 1.54) is 11.1 Å². The lowest BCUT2D eigenvalue weighted by atomic mass is 9.86. The first-order chi connectivity index (χ1) is 12.3. The minimum atomic E-state index is -0.519. The average molecular weight is 331 g/mol. The van der Waals surface area contributed by atoms with Crippen molar-refractivity contribution in [2.24, 2.45) is 5.92 Å². The van der Waals surface area contributed by atoms with Crippen molar-refractivity contribution in [1.29, 1.82) is 0 Å². The van der Waals surface area contributed by atoms with E-state index >= 15 is 0 Å². The summed E-state index contributed by atoms with van der Waals surface area (Å²) in [5.74, 6) is 0.0357. The van der Waals surface area contributed by atoms with Gasteiger partial charge >= 0.3 is 0 Å². The summed E-state index contributed by atoms with van der Waals surface area (Å²) in [5.41, 5.74) is 3.39. The highest BCUT2D eigenvalue weighted by atomic mass is 16.3. The minimum Gasteiger partial charge on any atom is -0.388 e. The molecule has 0 aliphatic rings. The summed E-state index contributed by atoms with van der Waals surface area (Å²) in [4.78, 5) is 0. The van der Waals surface area contributed by atoms with E-state index in [-0.39, 0.29) is 12.0 Å². The van der Waals surface area contributed by atoms with Crippen LogP contribution in [0.1, 0.15) is 35.8 Å². The molecule has 2 heteroatoms. The molecule has 2 nitrogen and oxygen atoms in total. The minimum absolute atomic E-state index is 0.0357. The molecule has 0 fully saturated rings. The Morgan fingerprint density at radius 2 is 1.20 bits per heavy atom. The maximum Gasteiger partial charge on any atom is 0.0833 e. The normalized spacial score (nSPS) is 14.6. The molecule has 0 saturated carbocycles. The molecule has 0 aliphatic heterocycles. The quantitative estimate of drug-likeness (QED) is 0.646. The van der Waals surface area contributed by atoms with E-state index in [9.17, 15) is 5.11 Å². The van der Waals surface area contributed by atoms with Gasteiger partial charge in [0.25, 0.3) is 0 Å². The van der Waals surface area contributed by atoms with Gasteiger partial charge in [0.2, 0.25) is 0 Å². The summed E-state index contributed by atoms with van der Waals surface area (Å²) in [5, 5.41) is 14.5. The Morgan fingerprint density at radius 1 is 0.720 bits per heavy atom. The zero-order valence-corrected chi connectivity index (χ0v) is 14.5. The number of aliphatic hydroxyl groups is 1. The molecule has 0 radical (unpaired) electrons. The van der Waals surface area contributed by atoms with Crippen molar-refractivity contribution in [2.75, 3.05) is 0 Å². The first-order valence-corrected chi connectivity index (χ1v) is 8.81. The van der Waals surface area contributed by atoms with Crippen LogP contribution in [-0.4, -0.2) is 5.11 Å². The fourth-order valence-electron chi connectivity index (χ4n) is 3.23. The van der Waals surface area contributed by atoms with E-state index in [0.29, 0.717) is 0 Å². The fraction of sp³-hybridized carbons (Fsp3) is 0.217. The number of rotatable bonds is 7. The van der Waals surface area contributed by atoms with Crippen LogP contribution in [0.15, 0.2) is 91.0 Å². The summed E-state index contributed by atoms with van der Waals surface area (Å²) >= 11 is 0. The van der Waals surface area contributed by atoms with Gasteiger partial charge in [-0.2, -0.15) is 0 Å². The summed E-state index contributed by atoms with van der Waals surface area (Å²) in [6, 6.07) is 30.7. The van der Waals surface area contributed by atoms with Crippen LogP contribution >= 0.6 is 0 Å². The molecule has 3 rings (SSSR count). The van der Waals surface area contributed by atoms with Crippen LogP contribution in [0.25, 0.3) is 0 Å². The zero-order valence-electron chi connectivity index (χ0n) is 14.5. The monoisotopic (exact) mass is 331 g/mol. The van der Waals surface area contributed by atoms with Gasteiger partial charge in [-0.05, 0) is 16.7 Å². The molecule has 0 amide bonds. The molecule has 0 spiro atoms. The van der Waals surface area contributed by atoms with E-state index in [1.807, 2.05) is 54.6 Å². The van der Waals surface area contributed by atoms with Gasteiger partial charge < -0.3 is 10.4 Å². The lowest BCUT2D eigenvalue weighted by Crippen LogP contribution is -2.30. The fourth-order valence-corrected chi connectivity index (χ4v) is 3.23. The first kappa shape index (κ1) is 17.4. The van der Waals surface area contributed by atoms with Crippen LogP contribution in [-0.2, 0) is 6.54 Å². The lowest BCUT2D eigenvalue weighted by Gasteiger charge is -2.30. The smallest absolute Gasteiger partial charge is 0.0833 e. The molecule has 3 aromatic carbocycles. The van der Waals surface area contributed by atoms with Crippen molar-refractivity contribution in [2.45, 2.75) is 25.6 Å². The number of aliphatic hydroxyl groups excluding tert-OH is 1. The maximum absolute atomic E-state index is 10.9. The van der Waals surface area contributed by atoms with Crippen molar-refractivity contribution < 1.29 is 5.11 Å². The van der Waals surface area contributed by atoms with Gasteiger partial charge in [0.1, 0.15) is 0 Å². The summed E-state index contributed by atoms with van der Waals surface area (Å²) in [7, 11) is 0. The Balaban J connectivity index is 1.80. The van der Waals surface area contributed by atoms with Gasteiger partial charge in [0.15, 0.2) is 0 Å². The molecule has 3 atom stereocenters. The third-order valence-corrected chi connectivity index (χ3v) is 4.69. The molecular formula is C23H25NO. The van der Waals surface area contributed by atoms with Crippen molar-refractivity contribution in [3.63, 3.8) is 0 Å².